The molecule has 0 saturated heterocycles. The van der Waals surface area contributed by atoms with Gasteiger partial charge in [0.1, 0.15) is 5.82 Å². The summed E-state index contributed by atoms with van der Waals surface area (Å²) in [5.74, 6) is -0.781. The van der Waals surface area contributed by atoms with Crippen LogP contribution in [0.15, 0.2) is 23.1 Å². The van der Waals surface area contributed by atoms with E-state index in [1.54, 1.807) is 6.92 Å². The molecule has 0 saturated carbocycles. The number of anilines is 1. The molecular formula is C10H15FN2O3S. The van der Waals surface area contributed by atoms with Crippen LogP contribution in [0.3, 0.4) is 0 Å². The molecule has 0 aromatic heterocycles. The Hall–Kier alpha value is -1.18. The van der Waals surface area contributed by atoms with E-state index in [1.165, 1.54) is 19.2 Å². The van der Waals surface area contributed by atoms with Gasteiger partial charge in [0, 0.05) is 13.1 Å². The van der Waals surface area contributed by atoms with Crippen LogP contribution in [0, 0.1) is 5.82 Å². The van der Waals surface area contributed by atoms with Crippen LogP contribution in [0.5, 0.6) is 0 Å². The lowest BCUT2D eigenvalue weighted by Gasteiger charge is -2.22. The number of sulfonamides is 1. The van der Waals surface area contributed by atoms with Gasteiger partial charge in [0.05, 0.1) is 17.2 Å². The number of nitrogens with two attached hydrogens (primary N) is 1. The lowest BCUT2D eigenvalue weighted by atomic mass is 10.3. The van der Waals surface area contributed by atoms with E-state index >= 15 is 0 Å². The molecule has 0 aliphatic carbocycles. The van der Waals surface area contributed by atoms with E-state index in [0.717, 1.165) is 10.4 Å². The van der Waals surface area contributed by atoms with Gasteiger partial charge >= 0.3 is 0 Å². The summed E-state index contributed by atoms with van der Waals surface area (Å²) in [6, 6.07) is 2.71. The topological polar surface area (TPSA) is 83.6 Å². The van der Waals surface area contributed by atoms with Crippen LogP contribution in [0.2, 0.25) is 0 Å². The van der Waals surface area contributed by atoms with Gasteiger partial charge in [-0.15, -0.1) is 0 Å². The number of aliphatic hydroxyl groups is 1. The third-order valence-corrected chi connectivity index (χ3v) is 4.50. The summed E-state index contributed by atoms with van der Waals surface area (Å²) >= 11 is 0. The highest BCUT2D eigenvalue weighted by Gasteiger charge is 2.25. The van der Waals surface area contributed by atoms with Crippen molar-refractivity contribution in [2.45, 2.75) is 17.9 Å². The van der Waals surface area contributed by atoms with E-state index in [9.17, 15) is 12.8 Å². The van der Waals surface area contributed by atoms with Crippen molar-refractivity contribution in [2.24, 2.45) is 0 Å². The quantitative estimate of drug-likeness (QED) is 0.770. The number of nitrogen functional groups attached to an aromatic ring is 1. The largest absolute Gasteiger partial charge is 0.396 e. The van der Waals surface area contributed by atoms with E-state index < -0.39 is 21.9 Å². The van der Waals surface area contributed by atoms with Crippen LogP contribution in [-0.2, 0) is 10.0 Å². The van der Waals surface area contributed by atoms with Crippen LogP contribution in [0.25, 0.3) is 0 Å². The van der Waals surface area contributed by atoms with E-state index in [4.69, 9.17) is 10.8 Å². The highest BCUT2D eigenvalue weighted by atomic mass is 32.2. The van der Waals surface area contributed by atoms with Crippen molar-refractivity contribution in [3.05, 3.63) is 24.0 Å². The smallest absolute Gasteiger partial charge is 0.243 e. The Kier molecular flexibility index (Phi) is 4.07. The number of halogens is 1. The first-order chi connectivity index (χ1) is 7.80. The van der Waals surface area contributed by atoms with Gasteiger partial charge in [-0.2, -0.15) is 4.31 Å². The standard InChI is InChI=1S/C10H15FN2O3S/c1-7(6-14)13(2)17(15,16)8-3-4-10(12)9(11)5-8/h3-5,7,14H,6,12H2,1-2H3. The molecule has 1 atom stereocenters. The van der Waals surface area contributed by atoms with Gasteiger partial charge in [0.25, 0.3) is 0 Å². The third kappa shape index (κ3) is 2.74. The van der Waals surface area contributed by atoms with Crippen LogP contribution >= 0.6 is 0 Å². The lowest BCUT2D eigenvalue weighted by Crippen LogP contribution is -2.37. The molecule has 0 heterocycles. The minimum Gasteiger partial charge on any atom is -0.396 e. The average molecular weight is 262 g/mol. The molecule has 0 spiro atoms. The average Bonchev–Trinajstić information content (AvgIpc) is 2.30. The summed E-state index contributed by atoms with van der Waals surface area (Å²) in [4.78, 5) is -0.188. The third-order valence-electron chi connectivity index (χ3n) is 2.53. The molecule has 0 radical (unpaired) electrons. The van der Waals surface area contributed by atoms with Crippen molar-refractivity contribution in [3.8, 4) is 0 Å². The van der Waals surface area contributed by atoms with Crippen molar-refractivity contribution in [1.82, 2.24) is 4.31 Å². The second-order valence-electron chi connectivity index (χ2n) is 3.74. The molecular weight excluding hydrogens is 247 g/mol. The Morgan fingerprint density at radius 1 is 1.53 bits per heavy atom. The number of benzene rings is 1. The minimum atomic E-state index is -3.81. The Bertz CT molecular complexity index is 504. The van der Waals surface area contributed by atoms with Gasteiger partial charge in [-0.1, -0.05) is 0 Å². The first-order valence-corrected chi connectivity index (χ1v) is 6.38. The number of nitrogens with zero attached hydrogens (tertiary/aromatic N) is 1. The molecule has 1 aromatic carbocycles. The van der Waals surface area contributed by atoms with E-state index in [-0.39, 0.29) is 17.2 Å². The molecule has 0 aliphatic heterocycles. The fourth-order valence-electron chi connectivity index (χ4n) is 1.19. The number of hydrogen-bond donors (Lipinski definition) is 2. The van der Waals surface area contributed by atoms with E-state index in [1.807, 2.05) is 0 Å². The number of hydrogen-bond acceptors (Lipinski definition) is 4. The van der Waals surface area contributed by atoms with Gasteiger partial charge in [0.2, 0.25) is 10.0 Å². The second kappa shape index (κ2) is 4.99. The molecule has 0 amide bonds. The van der Waals surface area contributed by atoms with Gasteiger partial charge in [-0.3, -0.25) is 0 Å². The Morgan fingerprint density at radius 3 is 2.59 bits per heavy atom. The molecule has 1 aromatic rings. The Labute approximate surface area is 99.7 Å². The fourth-order valence-corrected chi connectivity index (χ4v) is 2.55. The van der Waals surface area contributed by atoms with Gasteiger partial charge in [0.15, 0.2) is 0 Å². The summed E-state index contributed by atoms with van der Waals surface area (Å²) < 4.78 is 38.2. The Balaban J connectivity index is 3.17. The summed E-state index contributed by atoms with van der Waals surface area (Å²) in [7, 11) is -2.49. The summed E-state index contributed by atoms with van der Waals surface area (Å²) in [6.07, 6.45) is 0. The molecule has 17 heavy (non-hydrogen) atoms. The van der Waals surface area contributed by atoms with Crippen molar-refractivity contribution >= 4 is 15.7 Å². The predicted molar refractivity (Wildman–Crippen MR) is 62.3 cm³/mol. The highest BCUT2D eigenvalue weighted by Crippen LogP contribution is 2.20. The van der Waals surface area contributed by atoms with Crippen LogP contribution in [0.1, 0.15) is 6.92 Å². The maximum atomic E-state index is 13.2. The Morgan fingerprint density at radius 2 is 2.12 bits per heavy atom. The van der Waals surface area contributed by atoms with Crippen LogP contribution in [0.4, 0.5) is 10.1 Å². The zero-order chi connectivity index (χ0) is 13.2. The van der Waals surface area contributed by atoms with E-state index in [2.05, 4.69) is 0 Å². The maximum Gasteiger partial charge on any atom is 0.243 e. The van der Waals surface area contributed by atoms with E-state index in [0.29, 0.717) is 0 Å². The molecule has 1 unspecified atom stereocenters. The summed E-state index contributed by atoms with van der Waals surface area (Å²) in [5, 5.41) is 8.91. The summed E-state index contributed by atoms with van der Waals surface area (Å²) in [6.45, 7) is 1.23. The molecule has 0 aliphatic rings. The van der Waals surface area contributed by atoms with Crippen molar-refractivity contribution < 1.29 is 17.9 Å². The molecule has 7 heteroatoms. The fraction of sp³-hybridized carbons (Fsp3) is 0.400. The van der Waals surface area contributed by atoms with Gasteiger partial charge in [-0.25, -0.2) is 12.8 Å². The normalized spacial score (nSPS) is 13.9. The predicted octanol–water partition coefficient (Wildman–Crippen LogP) is 0.409. The molecule has 1 rings (SSSR count). The second-order valence-corrected chi connectivity index (χ2v) is 5.73. The first-order valence-electron chi connectivity index (χ1n) is 4.94. The molecule has 0 bridgehead atoms. The zero-order valence-electron chi connectivity index (χ0n) is 9.59. The van der Waals surface area contributed by atoms with Gasteiger partial charge < -0.3 is 10.8 Å². The van der Waals surface area contributed by atoms with Crippen LogP contribution < -0.4 is 5.73 Å². The maximum absolute atomic E-state index is 13.2. The van der Waals surface area contributed by atoms with Crippen molar-refractivity contribution in [1.29, 1.82) is 0 Å². The molecule has 96 valence electrons. The zero-order valence-corrected chi connectivity index (χ0v) is 10.4. The number of likely N-dealkylation sites (N-methyl/N-ethyl adjacent to an activating group) is 1. The number of rotatable bonds is 4. The molecule has 0 fully saturated rings. The monoisotopic (exact) mass is 262 g/mol. The highest BCUT2D eigenvalue weighted by molar-refractivity contribution is 7.89. The van der Waals surface area contributed by atoms with Crippen molar-refractivity contribution in [2.75, 3.05) is 19.4 Å². The molecule has 5 nitrogen and oxygen atoms in total. The lowest BCUT2D eigenvalue weighted by molar-refractivity contribution is 0.214. The number of aliphatic hydroxyl groups excluding tert-OH is 1. The minimum absolute atomic E-state index is 0.109. The first kappa shape index (κ1) is 13.9. The molecule has 3 N–H and O–H groups in total. The SMILES string of the molecule is CC(CO)N(C)S(=O)(=O)c1ccc(N)c(F)c1. The van der Waals surface area contributed by atoms with Crippen molar-refractivity contribution in [3.63, 3.8) is 0 Å². The van der Waals surface area contributed by atoms with Crippen LogP contribution in [-0.4, -0.2) is 37.5 Å². The van der Waals surface area contributed by atoms with Gasteiger partial charge in [-0.05, 0) is 25.1 Å². The summed E-state index contributed by atoms with van der Waals surface area (Å²) in [5.41, 5.74) is 5.16.